The van der Waals surface area contributed by atoms with E-state index in [1.54, 1.807) is 6.92 Å². The lowest BCUT2D eigenvalue weighted by Crippen LogP contribution is -2.63. The summed E-state index contributed by atoms with van der Waals surface area (Å²) in [5.74, 6) is -2.25. The number of likely N-dealkylation sites (N-methyl/N-ethyl adjacent to an activating group) is 1. The van der Waals surface area contributed by atoms with Gasteiger partial charge in [0, 0.05) is 22.7 Å². The highest BCUT2D eigenvalue weighted by Gasteiger charge is 2.60. The van der Waals surface area contributed by atoms with Crippen LogP contribution in [0.1, 0.15) is 19.5 Å². The Hall–Kier alpha value is -1.72. The molecule has 156 valence electrons. The van der Waals surface area contributed by atoms with Crippen LogP contribution < -0.4 is 0 Å². The topological polar surface area (TPSA) is 114 Å². The first-order chi connectivity index (χ1) is 13.8. The molecule has 29 heavy (non-hydrogen) atoms. The number of thioether (sulfide) groups is 1. The van der Waals surface area contributed by atoms with Crippen LogP contribution in [0.3, 0.4) is 0 Å². The molecule has 1 fully saturated rings. The van der Waals surface area contributed by atoms with Crippen molar-refractivity contribution in [1.29, 1.82) is 0 Å². The van der Waals surface area contributed by atoms with E-state index in [2.05, 4.69) is 4.98 Å². The van der Waals surface area contributed by atoms with Gasteiger partial charge in [0.15, 0.2) is 4.34 Å². The Bertz CT molecular complexity index is 925. The second kappa shape index (κ2) is 7.51. The normalized spacial score (nSPS) is 30.4. The predicted molar refractivity (Wildman–Crippen MR) is 109 cm³/mol. The Morgan fingerprint density at radius 1 is 1.48 bits per heavy atom. The number of nitrogens with zero attached hydrogens (tertiary/aromatic N) is 3. The SMILES string of the molecule is C[C@@H](O)[C@H]1C(=O)N2C(C(=O)O)=C(Sc3nc(C4=CCN(C)[C@H]4CO)cs3)[C@H](C)[C@H]12. The van der Waals surface area contributed by atoms with E-state index in [1.807, 2.05) is 30.3 Å². The second-order valence-electron chi connectivity index (χ2n) is 7.67. The molecule has 0 aromatic carbocycles. The molecule has 1 amide bonds. The third kappa shape index (κ3) is 3.14. The number of aromatic nitrogens is 1. The van der Waals surface area contributed by atoms with Crippen molar-refractivity contribution in [1.82, 2.24) is 14.8 Å². The maximum Gasteiger partial charge on any atom is 0.353 e. The largest absolute Gasteiger partial charge is 0.477 e. The lowest BCUT2D eigenvalue weighted by atomic mass is 9.79. The highest BCUT2D eigenvalue weighted by molar-refractivity contribution is 8.04. The minimum atomic E-state index is -1.14. The second-order valence-corrected chi connectivity index (χ2v) is 9.82. The number of β-lactam (4-membered cyclic amide) rings is 1. The van der Waals surface area contributed by atoms with E-state index in [-0.39, 0.29) is 36.2 Å². The van der Waals surface area contributed by atoms with Gasteiger partial charge in [-0.05, 0) is 19.5 Å². The molecular formula is C19H23N3O5S2. The van der Waals surface area contributed by atoms with Crippen LogP contribution in [0, 0.1) is 11.8 Å². The Balaban J connectivity index is 1.61. The summed E-state index contributed by atoms with van der Waals surface area (Å²) in [4.78, 5) is 32.9. The number of hydrogen-bond acceptors (Lipinski definition) is 8. The van der Waals surface area contributed by atoms with E-state index in [1.165, 1.54) is 28.0 Å². The molecule has 0 unspecified atom stereocenters. The van der Waals surface area contributed by atoms with Gasteiger partial charge in [-0.25, -0.2) is 9.78 Å². The maximum absolute atomic E-state index is 12.4. The van der Waals surface area contributed by atoms with Crippen LogP contribution in [-0.2, 0) is 9.59 Å². The van der Waals surface area contributed by atoms with Crippen molar-refractivity contribution < 1.29 is 24.9 Å². The number of fused-ring (bicyclic) bond motifs is 1. The molecule has 10 heteroatoms. The molecule has 0 spiro atoms. The standard InChI is InChI=1S/C19H23N3O5S2/c1-8-14-13(9(2)24)17(25)22(14)15(18(26)27)16(8)29-19-20-11(7-28-19)10-4-5-21(3)12(10)6-23/h4,7-9,12-14,23-24H,5-6H2,1-3H3,(H,26,27)/t8-,9-,12+,13-,14-/m1/s1. The van der Waals surface area contributed by atoms with Crippen molar-refractivity contribution in [2.75, 3.05) is 20.2 Å². The maximum atomic E-state index is 12.4. The molecule has 8 nitrogen and oxygen atoms in total. The number of carbonyl (C=O) groups excluding carboxylic acids is 1. The summed E-state index contributed by atoms with van der Waals surface area (Å²) in [6, 6.07) is -0.430. The molecule has 3 aliphatic heterocycles. The number of carbonyl (C=O) groups is 2. The zero-order valence-corrected chi connectivity index (χ0v) is 17.9. The Kier molecular flexibility index (Phi) is 5.32. The van der Waals surface area contributed by atoms with E-state index < -0.39 is 18.0 Å². The third-order valence-corrected chi connectivity index (χ3v) is 8.17. The number of aliphatic hydroxyl groups is 2. The van der Waals surface area contributed by atoms with Crippen LogP contribution in [0.15, 0.2) is 26.4 Å². The predicted octanol–water partition coefficient (Wildman–Crippen LogP) is 1.08. The first-order valence-electron chi connectivity index (χ1n) is 9.39. The van der Waals surface area contributed by atoms with Gasteiger partial charge in [0.1, 0.15) is 5.70 Å². The van der Waals surface area contributed by atoms with Crippen molar-refractivity contribution in [2.45, 2.75) is 36.4 Å². The molecule has 0 bridgehead atoms. The summed E-state index contributed by atoms with van der Waals surface area (Å²) in [6.07, 6.45) is 1.22. The molecule has 0 aliphatic carbocycles. The average molecular weight is 438 g/mol. The molecule has 5 atom stereocenters. The van der Waals surface area contributed by atoms with Crippen LogP contribution in [-0.4, -0.2) is 80.4 Å². The Morgan fingerprint density at radius 2 is 2.21 bits per heavy atom. The van der Waals surface area contributed by atoms with Crippen molar-refractivity contribution >= 4 is 40.5 Å². The zero-order chi connectivity index (χ0) is 21.0. The third-order valence-electron chi connectivity index (χ3n) is 5.95. The number of hydrogen-bond donors (Lipinski definition) is 3. The number of rotatable bonds is 6. The van der Waals surface area contributed by atoms with Crippen molar-refractivity contribution in [3.05, 3.63) is 27.8 Å². The highest BCUT2D eigenvalue weighted by Crippen LogP contribution is 2.52. The Labute approximate surface area is 176 Å². The fourth-order valence-corrected chi connectivity index (χ4v) is 6.54. The summed E-state index contributed by atoms with van der Waals surface area (Å²) >= 11 is 2.69. The number of carboxylic acid groups (broad SMARTS) is 1. The van der Waals surface area contributed by atoms with Crippen molar-refractivity contribution in [3.8, 4) is 0 Å². The molecule has 1 aromatic rings. The van der Waals surface area contributed by atoms with Gasteiger partial charge in [0.25, 0.3) is 0 Å². The highest BCUT2D eigenvalue weighted by atomic mass is 32.2. The van der Waals surface area contributed by atoms with Crippen LogP contribution in [0.4, 0.5) is 0 Å². The number of amides is 1. The van der Waals surface area contributed by atoms with E-state index in [0.717, 1.165) is 17.8 Å². The molecule has 1 aromatic heterocycles. The van der Waals surface area contributed by atoms with E-state index in [0.29, 0.717) is 9.24 Å². The minimum Gasteiger partial charge on any atom is -0.477 e. The summed E-state index contributed by atoms with van der Waals surface area (Å²) in [6.45, 7) is 4.20. The smallest absolute Gasteiger partial charge is 0.353 e. The van der Waals surface area contributed by atoms with Crippen LogP contribution in [0.2, 0.25) is 0 Å². The van der Waals surface area contributed by atoms with Gasteiger partial charge < -0.3 is 20.2 Å². The first kappa shape index (κ1) is 20.5. The summed E-state index contributed by atoms with van der Waals surface area (Å²) in [5.41, 5.74) is 1.75. The van der Waals surface area contributed by atoms with Crippen LogP contribution in [0.5, 0.6) is 0 Å². The zero-order valence-electron chi connectivity index (χ0n) is 16.3. The van der Waals surface area contributed by atoms with Gasteiger partial charge in [-0.2, -0.15) is 0 Å². The molecule has 0 saturated carbocycles. The molecule has 0 radical (unpaired) electrons. The number of thiazole rings is 1. The lowest BCUT2D eigenvalue weighted by Gasteiger charge is -2.46. The van der Waals surface area contributed by atoms with Crippen LogP contribution in [0.25, 0.3) is 5.57 Å². The summed E-state index contributed by atoms with van der Waals surface area (Å²) in [5, 5.41) is 31.2. The molecule has 4 heterocycles. The summed E-state index contributed by atoms with van der Waals surface area (Å²) < 4.78 is 0.691. The fourth-order valence-electron chi connectivity index (χ4n) is 4.44. The quantitative estimate of drug-likeness (QED) is 0.567. The number of aliphatic hydroxyl groups excluding tert-OH is 2. The molecule has 3 N–H and O–H groups in total. The number of aliphatic carboxylic acids is 1. The average Bonchev–Trinajstić information content (AvgIpc) is 3.31. The first-order valence-corrected chi connectivity index (χ1v) is 11.1. The summed E-state index contributed by atoms with van der Waals surface area (Å²) in [7, 11) is 1.94. The van der Waals surface area contributed by atoms with Gasteiger partial charge in [-0.3, -0.25) is 9.69 Å². The Morgan fingerprint density at radius 3 is 2.83 bits per heavy atom. The van der Waals surface area contributed by atoms with Gasteiger partial charge in [0.05, 0.1) is 36.4 Å². The molecular weight excluding hydrogens is 414 g/mol. The van der Waals surface area contributed by atoms with Crippen molar-refractivity contribution in [2.24, 2.45) is 11.8 Å². The monoisotopic (exact) mass is 437 g/mol. The van der Waals surface area contributed by atoms with Crippen molar-refractivity contribution in [3.63, 3.8) is 0 Å². The number of carboxylic acids is 1. The fraction of sp³-hybridized carbons (Fsp3) is 0.526. The van der Waals surface area contributed by atoms with Crippen LogP contribution >= 0.6 is 23.1 Å². The molecule has 4 rings (SSSR count). The molecule has 3 aliphatic rings. The molecule has 1 saturated heterocycles. The van der Waals surface area contributed by atoms with Gasteiger partial charge in [-0.15, -0.1) is 11.3 Å². The minimum absolute atomic E-state index is 0.000741. The van der Waals surface area contributed by atoms with E-state index in [4.69, 9.17) is 0 Å². The van der Waals surface area contributed by atoms with Gasteiger partial charge >= 0.3 is 5.97 Å². The van der Waals surface area contributed by atoms with Gasteiger partial charge in [0.2, 0.25) is 5.91 Å². The van der Waals surface area contributed by atoms with E-state index in [9.17, 15) is 24.9 Å². The lowest BCUT2D eigenvalue weighted by molar-refractivity contribution is -0.163. The van der Waals surface area contributed by atoms with Gasteiger partial charge in [-0.1, -0.05) is 24.8 Å². The van der Waals surface area contributed by atoms with E-state index >= 15 is 0 Å².